The van der Waals surface area contributed by atoms with Crippen LogP contribution in [0.2, 0.25) is 0 Å². The Morgan fingerprint density at radius 3 is 1.41 bits per heavy atom. The molecule has 1 heteroatoms. The highest BCUT2D eigenvalue weighted by Crippen LogP contribution is 2.43. The van der Waals surface area contributed by atoms with E-state index in [4.69, 9.17) is 0 Å². The standard InChI is InChI=1S/C48H30S/c1-3-12-31(13-4-1)33-22-25-42-45(29-33)40-17-8-7-16-39(40)41-24-23-34(30-46(41)42)36-26-35(32-14-5-2-6-15-32)27-37(28-36)38-19-11-20-44-43-18-9-10-21-47(43)49-48(38)44/h1-30H. The topological polar surface area (TPSA) is 0 Å². The van der Waals surface area contributed by atoms with Gasteiger partial charge in [-0.3, -0.25) is 0 Å². The Balaban J connectivity index is 1.22. The Kier molecular flexibility index (Phi) is 6.47. The van der Waals surface area contributed by atoms with Crippen molar-refractivity contribution in [1.82, 2.24) is 0 Å². The molecule has 0 fully saturated rings. The van der Waals surface area contributed by atoms with Crippen molar-refractivity contribution in [2.24, 2.45) is 0 Å². The van der Waals surface area contributed by atoms with Gasteiger partial charge in [0, 0.05) is 20.2 Å². The second kappa shape index (κ2) is 11.3. The van der Waals surface area contributed by atoms with Crippen LogP contribution in [-0.2, 0) is 0 Å². The van der Waals surface area contributed by atoms with Crippen molar-refractivity contribution in [3.8, 4) is 44.5 Å². The molecule has 1 heterocycles. The zero-order chi connectivity index (χ0) is 32.3. The summed E-state index contributed by atoms with van der Waals surface area (Å²) in [4.78, 5) is 0. The molecule has 0 aliphatic heterocycles. The molecule has 9 aromatic carbocycles. The molecule has 0 aliphatic carbocycles. The molecule has 0 radical (unpaired) electrons. The maximum absolute atomic E-state index is 2.42. The first-order chi connectivity index (χ1) is 24.3. The summed E-state index contributed by atoms with van der Waals surface area (Å²) in [5, 5.41) is 10.4. The summed E-state index contributed by atoms with van der Waals surface area (Å²) in [7, 11) is 0. The lowest BCUT2D eigenvalue weighted by molar-refractivity contribution is 1.59. The van der Waals surface area contributed by atoms with E-state index in [1.165, 1.54) is 97.0 Å². The molecule has 0 atom stereocenters. The van der Waals surface area contributed by atoms with Gasteiger partial charge in [0.15, 0.2) is 0 Å². The van der Waals surface area contributed by atoms with Crippen LogP contribution in [0, 0.1) is 0 Å². The van der Waals surface area contributed by atoms with E-state index >= 15 is 0 Å². The molecule has 0 bridgehead atoms. The van der Waals surface area contributed by atoms with Crippen LogP contribution in [-0.4, -0.2) is 0 Å². The van der Waals surface area contributed by atoms with Crippen LogP contribution in [0.3, 0.4) is 0 Å². The Morgan fingerprint density at radius 1 is 0.245 bits per heavy atom. The number of fused-ring (bicyclic) bond motifs is 9. The van der Waals surface area contributed by atoms with Gasteiger partial charge in [-0.25, -0.2) is 0 Å². The van der Waals surface area contributed by atoms with Gasteiger partial charge >= 0.3 is 0 Å². The zero-order valence-electron chi connectivity index (χ0n) is 26.7. The highest BCUT2D eigenvalue weighted by Gasteiger charge is 2.15. The fourth-order valence-electron chi connectivity index (χ4n) is 7.67. The summed E-state index contributed by atoms with van der Waals surface area (Å²) in [6.07, 6.45) is 0. The smallest absolute Gasteiger partial charge is 0.0433 e. The van der Waals surface area contributed by atoms with Crippen LogP contribution >= 0.6 is 11.3 Å². The van der Waals surface area contributed by atoms with Gasteiger partial charge in [-0.2, -0.15) is 0 Å². The molecule has 49 heavy (non-hydrogen) atoms. The largest absolute Gasteiger partial charge is 0.135 e. The summed E-state index contributed by atoms with van der Waals surface area (Å²) in [5.41, 5.74) is 9.89. The van der Waals surface area contributed by atoms with Gasteiger partial charge < -0.3 is 0 Å². The van der Waals surface area contributed by atoms with E-state index in [0.717, 1.165) is 0 Å². The summed E-state index contributed by atoms with van der Waals surface area (Å²) >= 11 is 1.89. The molecule has 0 unspecified atom stereocenters. The maximum atomic E-state index is 2.42. The molecular formula is C48H30S. The fourth-order valence-corrected chi connectivity index (χ4v) is 8.91. The molecule has 10 rings (SSSR count). The summed E-state index contributed by atoms with van der Waals surface area (Å²) in [6.45, 7) is 0. The average molecular weight is 639 g/mol. The third-order valence-electron chi connectivity index (χ3n) is 10.0. The van der Waals surface area contributed by atoms with Gasteiger partial charge in [0.2, 0.25) is 0 Å². The molecule has 0 saturated carbocycles. The minimum atomic E-state index is 1.22. The molecule has 0 amide bonds. The van der Waals surface area contributed by atoms with Crippen molar-refractivity contribution >= 4 is 63.8 Å². The van der Waals surface area contributed by atoms with Crippen molar-refractivity contribution < 1.29 is 0 Å². The number of thiophene rings is 1. The minimum Gasteiger partial charge on any atom is -0.135 e. The van der Waals surface area contributed by atoms with Crippen molar-refractivity contribution in [2.75, 3.05) is 0 Å². The first-order valence-electron chi connectivity index (χ1n) is 16.8. The van der Waals surface area contributed by atoms with Crippen LogP contribution in [0.15, 0.2) is 182 Å². The van der Waals surface area contributed by atoms with Crippen molar-refractivity contribution in [3.63, 3.8) is 0 Å². The Morgan fingerprint density at radius 2 is 0.714 bits per heavy atom. The van der Waals surface area contributed by atoms with E-state index in [1.54, 1.807) is 0 Å². The van der Waals surface area contributed by atoms with Crippen LogP contribution in [0.5, 0.6) is 0 Å². The second-order valence-corrected chi connectivity index (χ2v) is 13.9. The number of rotatable bonds is 4. The Labute approximate surface area is 289 Å². The van der Waals surface area contributed by atoms with Gasteiger partial charge in [0.05, 0.1) is 0 Å². The molecule has 0 aliphatic rings. The van der Waals surface area contributed by atoms with Gasteiger partial charge in [0.1, 0.15) is 0 Å². The maximum Gasteiger partial charge on any atom is 0.0433 e. The molecule has 1 aromatic heterocycles. The predicted octanol–water partition coefficient (Wildman–Crippen LogP) is 14.2. The fraction of sp³-hybridized carbons (Fsp3) is 0. The minimum absolute atomic E-state index is 1.22. The van der Waals surface area contributed by atoms with Crippen molar-refractivity contribution in [1.29, 1.82) is 0 Å². The van der Waals surface area contributed by atoms with Crippen molar-refractivity contribution in [2.45, 2.75) is 0 Å². The van der Waals surface area contributed by atoms with E-state index in [0.29, 0.717) is 0 Å². The van der Waals surface area contributed by atoms with Crippen LogP contribution in [0.1, 0.15) is 0 Å². The molecule has 0 spiro atoms. The molecule has 0 N–H and O–H groups in total. The highest BCUT2D eigenvalue weighted by molar-refractivity contribution is 7.26. The second-order valence-electron chi connectivity index (χ2n) is 12.9. The van der Waals surface area contributed by atoms with Crippen LogP contribution in [0.4, 0.5) is 0 Å². The zero-order valence-corrected chi connectivity index (χ0v) is 27.5. The lowest BCUT2D eigenvalue weighted by Crippen LogP contribution is -1.88. The Hall–Kier alpha value is -6.02. The lowest BCUT2D eigenvalue weighted by Gasteiger charge is -2.15. The van der Waals surface area contributed by atoms with Crippen molar-refractivity contribution in [3.05, 3.63) is 182 Å². The third kappa shape index (κ3) is 4.66. The van der Waals surface area contributed by atoms with E-state index in [1.807, 2.05) is 11.3 Å². The van der Waals surface area contributed by atoms with E-state index in [9.17, 15) is 0 Å². The predicted molar refractivity (Wildman–Crippen MR) is 214 cm³/mol. The number of hydrogen-bond acceptors (Lipinski definition) is 1. The van der Waals surface area contributed by atoms with Gasteiger partial charge in [-0.05, 0) is 113 Å². The summed E-state index contributed by atoms with van der Waals surface area (Å²) in [6, 6.07) is 67.0. The molecular weight excluding hydrogens is 609 g/mol. The van der Waals surface area contributed by atoms with E-state index in [-0.39, 0.29) is 0 Å². The van der Waals surface area contributed by atoms with Gasteiger partial charge in [-0.15, -0.1) is 11.3 Å². The Bertz CT molecular complexity index is 2860. The number of hydrogen-bond donors (Lipinski definition) is 0. The highest BCUT2D eigenvalue weighted by atomic mass is 32.1. The number of benzene rings is 9. The first kappa shape index (κ1) is 28.0. The van der Waals surface area contributed by atoms with Crippen LogP contribution < -0.4 is 0 Å². The average Bonchev–Trinajstić information content (AvgIpc) is 3.57. The summed E-state index contributed by atoms with van der Waals surface area (Å²) in [5.74, 6) is 0. The SMILES string of the molecule is c1ccc(-c2cc(-c3ccc4c5ccccc5c5cc(-c6ccccc6)ccc5c4c3)cc(-c3cccc4c3sc3ccccc34)c2)cc1. The molecule has 0 nitrogen and oxygen atoms in total. The first-order valence-corrected chi connectivity index (χ1v) is 17.7. The monoisotopic (exact) mass is 638 g/mol. The molecule has 10 aromatic rings. The summed E-state index contributed by atoms with van der Waals surface area (Å²) < 4.78 is 2.67. The van der Waals surface area contributed by atoms with Crippen LogP contribution in [0.25, 0.3) is 97.0 Å². The quantitative estimate of drug-likeness (QED) is 0.168. The normalized spacial score (nSPS) is 11.7. The third-order valence-corrected chi connectivity index (χ3v) is 11.3. The van der Waals surface area contributed by atoms with E-state index < -0.39 is 0 Å². The van der Waals surface area contributed by atoms with E-state index in [2.05, 4.69) is 182 Å². The van der Waals surface area contributed by atoms with Gasteiger partial charge in [0.25, 0.3) is 0 Å². The molecule has 228 valence electrons. The van der Waals surface area contributed by atoms with Gasteiger partial charge in [-0.1, -0.05) is 146 Å². The molecule has 0 saturated heterocycles. The lowest BCUT2D eigenvalue weighted by atomic mass is 9.89.